The van der Waals surface area contributed by atoms with E-state index < -0.39 is 61.7 Å². The molecule has 1 atom stereocenters. The van der Waals surface area contributed by atoms with Gasteiger partial charge >= 0.3 is 24.0 Å². The van der Waals surface area contributed by atoms with Crippen molar-refractivity contribution in [2.24, 2.45) is 0 Å². The molecule has 2 aromatic rings. The first-order valence-electron chi connectivity index (χ1n) is 12.3. The van der Waals surface area contributed by atoms with Crippen LogP contribution in [0.3, 0.4) is 0 Å². The molecule has 2 aromatic carbocycles. The van der Waals surface area contributed by atoms with Crippen molar-refractivity contribution in [3.63, 3.8) is 0 Å². The maximum absolute atomic E-state index is 14.5. The molecule has 3 rings (SSSR count). The maximum atomic E-state index is 14.5. The van der Waals surface area contributed by atoms with Crippen LogP contribution in [0.5, 0.6) is 0 Å². The lowest BCUT2D eigenvalue weighted by atomic mass is 9.85. The molecule has 2 amide bonds. The van der Waals surface area contributed by atoms with E-state index >= 15 is 0 Å². The summed E-state index contributed by atoms with van der Waals surface area (Å²) in [5.74, 6) is -0.956. The summed E-state index contributed by atoms with van der Waals surface area (Å²) < 4.78 is 86.2. The first-order chi connectivity index (χ1) is 19.3. The Labute approximate surface area is 251 Å². The summed E-state index contributed by atoms with van der Waals surface area (Å²) in [4.78, 5) is 30.5. The number of alkyl halides is 6. The molecule has 0 saturated carbocycles. The van der Waals surface area contributed by atoms with Crippen LogP contribution in [0.2, 0.25) is 15.1 Å². The zero-order valence-electron chi connectivity index (χ0n) is 22.3. The third kappa shape index (κ3) is 7.93. The molecular formula is C26H25Cl3F6N3O4+. The Morgan fingerprint density at radius 1 is 1.07 bits per heavy atom. The van der Waals surface area contributed by atoms with Crippen molar-refractivity contribution in [1.82, 2.24) is 5.43 Å². The summed E-state index contributed by atoms with van der Waals surface area (Å²) in [5, 5.41) is 2.70. The predicted octanol–water partition coefficient (Wildman–Crippen LogP) is 6.73. The van der Waals surface area contributed by atoms with Gasteiger partial charge in [-0.25, -0.2) is 4.79 Å². The SMILES string of the molecule is Cc1cc(Cl)c(N(NC(=O)CCCC(F)(F)F)C(=O)OC(C)C)cc1C1=[NH+]OC(c2cc(Cl)cc(Cl)c2)(C(F)(F)F)C1. The number of hydrogen-bond donors (Lipinski definition) is 2. The van der Waals surface area contributed by atoms with E-state index in [9.17, 15) is 35.9 Å². The number of benzene rings is 2. The van der Waals surface area contributed by atoms with E-state index in [2.05, 4.69) is 10.6 Å². The van der Waals surface area contributed by atoms with Crippen LogP contribution in [0.4, 0.5) is 36.8 Å². The number of nitrogens with zero attached hydrogens (tertiary/aromatic N) is 1. The van der Waals surface area contributed by atoms with Gasteiger partial charge in [0.15, 0.2) is 0 Å². The zero-order chi connectivity index (χ0) is 31.6. The number of hydrogen-bond acceptors (Lipinski definition) is 4. The second-order valence-corrected chi connectivity index (χ2v) is 11.0. The number of amides is 2. The summed E-state index contributed by atoms with van der Waals surface area (Å²) in [6, 6.07) is 5.96. The molecule has 42 heavy (non-hydrogen) atoms. The van der Waals surface area contributed by atoms with Gasteiger partial charge in [-0.2, -0.15) is 31.4 Å². The predicted molar refractivity (Wildman–Crippen MR) is 143 cm³/mol. The fraction of sp³-hybridized carbons (Fsp3) is 0.423. The van der Waals surface area contributed by atoms with Gasteiger partial charge in [0.05, 0.1) is 28.8 Å². The smallest absolute Gasteiger partial charge is 0.440 e. The van der Waals surface area contributed by atoms with Crippen LogP contribution in [0.15, 0.2) is 30.3 Å². The van der Waals surface area contributed by atoms with Crippen molar-refractivity contribution in [2.45, 2.75) is 70.5 Å². The molecule has 1 aliphatic rings. The zero-order valence-corrected chi connectivity index (χ0v) is 24.5. The van der Waals surface area contributed by atoms with Crippen molar-refractivity contribution < 1.29 is 50.7 Å². The highest BCUT2D eigenvalue weighted by molar-refractivity contribution is 6.35. The minimum absolute atomic E-state index is 0.0478. The largest absolute Gasteiger partial charge is 0.445 e. The molecule has 0 bridgehead atoms. The van der Waals surface area contributed by atoms with E-state index in [1.165, 1.54) is 39.0 Å². The molecule has 7 nitrogen and oxygen atoms in total. The lowest BCUT2D eigenvalue weighted by Gasteiger charge is -2.27. The van der Waals surface area contributed by atoms with Gasteiger partial charge in [0.1, 0.15) is 0 Å². The second kappa shape index (κ2) is 12.8. The summed E-state index contributed by atoms with van der Waals surface area (Å²) >= 11 is 18.3. The fourth-order valence-electron chi connectivity index (χ4n) is 4.14. The highest BCUT2D eigenvalue weighted by atomic mass is 35.5. The minimum Gasteiger partial charge on any atom is -0.445 e. The number of aryl methyl sites for hydroxylation is 1. The molecule has 0 aromatic heterocycles. The Kier molecular flexibility index (Phi) is 10.2. The van der Waals surface area contributed by atoms with Crippen LogP contribution >= 0.6 is 34.8 Å². The summed E-state index contributed by atoms with van der Waals surface area (Å²) in [7, 11) is 0. The minimum atomic E-state index is -4.95. The van der Waals surface area contributed by atoms with E-state index in [0.29, 0.717) is 10.6 Å². The van der Waals surface area contributed by atoms with Gasteiger partial charge in [-0.1, -0.05) is 34.8 Å². The van der Waals surface area contributed by atoms with Gasteiger partial charge in [-0.15, -0.1) is 0 Å². The first kappa shape index (κ1) is 33.6. The van der Waals surface area contributed by atoms with Gasteiger partial charge in [0, 0.05) is 28.5 Å². The quantitative estimate of drug-likeness (QED) is 0.254. The lowest BCUT2D eigenvalue weighted by Crippen LogP contribution is -2.71. The molecule has 1 heterocycles. The topological polar surface area (TPSA) is 81.8 Å². The summed E-state index contributed by atoms with van der Waals surface area (Å²) in [6.45, 7) is 4.56. The molecule has 230 valence electrons. The maximum Gasteiger partial charge on any atom is 0.440 e. The van der Waals surface area contributed by atoms with Gasteiger partial charge in [-0.3, -0.25) is 15.1 Å². The summed E-state index contributed by atoms with van der Waals surface area (Å²) in [6.07, 6.45) is -14.4. The third-order valence-electron chi connectivity index (χ3n) is 6.04. The van der Waals surface area contributed by atoms with E-state index in [4.69, 9.17) is 44.4 Å². The molecule has 1 aliphatic heterocycles. The van der Waals surface area contributed by atoms with Crippen LogP contribution < -0.4 is 15.6 Å². The number of anilines is 1. The molecule has 0 fully saturated rings. The number of nitrogens with one attached hydrogen (secondary N) is 2. The van der Waals surface area contributed by atoms with Gasteiger partial charge < -0.3 is 4.74 Å². The average Bonchev–Trinajstić information content (AvgIpc) is 3.28. The number of hydrazine groups is 1. The monoisotopic (exact) mass is 662 g/mol. The van der Waals surface area contributed by atoms with Crippen LogP contribution in [-0.4, -0.2) is 36.2 Å². The molecule has 2 N–H and O–H groups in total. The standard InChI is InChI=1S/C26H24Cl3F6N3O4/c1-13(2)41-23(40)38(36-22(39)5-4-6-25(30,31)32)21-11-18(14(3)7-19(21)29)20-12-24(42-37-20,26(33,34)35)15-8-16(27)10-17(28)9-15/h7-11,13H,4-6,12H2,1-3H3,(H,36,39)/p+1. The average molecular weight is 664 g/mol. The molecule has 0 aliphatic carbocycles. The molecule has 0 radical (unpaired) electrons. The summed E-state index contributed by atoms with van der Waals surface area (Å²) in [5.41, 5.74) is -0.863. The van der Waals surface area contributed by atoms with Gasteiger partial charge in [0.25, 0.3) is 0 Å². The van der Waals surface area contributed by atoms with Crippen LogP contribution in [0.25, 0.3) is 0 Å². The van der Waals surface area contributed by atoms with Crippen molar-refractivity contribution in [3.8, 4) is 0 Å². The Balaban J connectivity index is 2.00. The van der Waals surface area contributed by atoms with Crippen molar-refractivity contribution >= 4 is 58.2 Å². The molecule has 0 spiro atoms. The molecule has 1 unspecified atom stereocenters. The Morgan fingerprint density at radius 3 is 2.24 bits per heavy atom. The van der Waals surface area contributed by atoms with Gasteiger partial charge in [-0.05, 0) is 68.2 Å². The van der Waals surface area contributed by atoms with Crippen LogP contribution in [0.1, 0.15) is 56.2 Å². The number of carbonyl (C=O) groups is 2. The molecule has 16 heteroatoms. The van der Waals surface area contributed by atoms with Crippen LogP contribution in [0, 0.1) is 6.92 Å². The Morgan fingerprint density at radius 2 is 1.69 bits per heavy atom. The van der Waals surface area contributed by atoms with Crippen molar-refractivity contribution in [2.75, 3.05) is 5.01 Å². The number of halogens is 9. The van der Waals surface area contributed by atoms with E-state index in [1.54, 1.807) is 0 Å². The van der Waals surface area contributed by atoms with Gasteiger partial charge in [0.2, 0.25) is 11.6 Å². The number of carbonyl (C=O) groups excluding carboxylic acids is 2. The fourth-order valence-corrected chi connectivity index (χ4v) is 4.96. The lowest BCUT2D eigenvalue weighted by molar-refractivity contribution is -0.776. The van der Waals surface area contributed by atoms with E-state index in [-0.39, 0.29) is 37.6 Å². The highest BCUT2D eigenvalue weighted by Crippen LogP contribution is 2.47. The van der Waals surface area contributed by atoms with E-state index in [0.717, 1.165) is 12.1 Å². The van der Waals surface area contributed by atoms with Crippen molar-refractivity contribution in [3.05, 3.63) is 62.1 Å². The van der Waals surface area contributed by atoms with Crippen LogP contribution in [-0.2, 0) is 20.0 Å². The highest BCUT2D eigenvalue weighted by Gasteiger charge is 2.66. The number of rotatable bonds is 7. The second-order valence-electron chi connectivity index (χ2n) is 9.73. The first-order valence-corrected chi connectivity index (χ1v) is 13.5. The molecular weight excluding hydrogens is 639 g/mol. The Hall–Kier alpha value is -2.90. The number of ether oxygens (including phenoxy) is 1. The van der Waals surface area contributed by atoms with Crippen molar-refractivity contribution in [1.29, 1.82) is 0 Å². The normalized spacial score (nSPS) is 17.1. The Bertz CT molecular complexity index is 1360. The molecule has 0 saturated heterocycles. The third-order valence-corrected chi connectivity index (χ3v) is 6.78. The van der Waals surface area contributed by atoms with E-state index in [1.807, 2.05) is 0 Å².